The van der Waals surface area contributed by atoms with Crippen LogP contribution in [0.5, 0.6) is 5.75 Å². The zero-order valence-corrected chi connectivity index (χ0v) is 15.9. The second-order valence-corrected chi connectivity index (χ2v) is 7.16. The number of aromatic nitrogens is 3. The van der Waals surface area contributed by atoms with E-state index in [1.165, 1.54) is 6.07 Å². The minimum Gasteiger partial charge on any atom is -0.492 e. The maximum absolute atomic E-state index is 13.1. The lowest BCUT2D eigenvalue weighted by Gasteiger charge is -2.27. The van der Waals surface area contributed by atoms with Gasteiger partial charge >= 0.3 is 0 Å². The Morgan fingerprint density at radius 3 is 3.00 bits per heavy atom. The highest BCUT2D eigenvalue weighted by molar-refractivity contribution is 6.35. The number of benzene rings is 1. The number of pyridine rings is 1. The highest BCUT2D eigenvalue weighted by atomic mass is 35.5. The van der Waals surface area contributed by atoms with Gasteiger partial charge in [-0.1, -0.05) is 23.2 Å². The largest absolute Gasteiger partial charge is 0.492 e. The van der Waals surface area contributed by atoms with Gasteiger partial charge in [-0.05, 0) is 37.2 Å². The molecular formula is C18H18Cl2FN5O. The number of H-pyrrole nitrogens is 1. The van der Waals surface area contributed by atoms with Crippen molar-refractivity contribution in [3.05, 3.63) is 45.8 Å². The van der Waals surface area contributed by atoms with Crippen LogP contribution in [0.1, 0.15) is 24.4 Å². The third-order valence-electron chi connectivity index (χ3n) is 4.41. The zero-order chi connectivity index (χ0) is 18.8. The Labute approximate surface area is 165 Å². The number of ether oxygens (including phenoxy) is 1. The smallest absolute Gasteiger partial charge is 0.214 e. The Kier molecular flexibility index (Phi) is 5.33. The van der Waals surface area contributed by atoms with Crippen molar-refractivity contribution >= 4 is 40.3 Å². The molecule has 0 amide bonds. The van der Waals surface area contributed by atoms with E-state index in [0.29, 0.717) is 46.1 Å². The van der Waals surface area contributed by atoms with Gasteiger partial charge in [0.25, 0.3) is 0 Å². The Morgan fingerprint density at radius 2 is 2.11 bits per heavy atom. The molecule has 4 rings (SSSR count). The second kappa shape index (κ2) is 7.88. The molecule has 0 fully saturated rings. The van der Waals surface area contributed by atoms with Crippen molar-refractivity contribution in [3.63, 3.8) is 0 Å². The Morgan fingerprint density at radius 1 is 1.22 bits per heavy atom. The number of anilines is 1. The maximum Gasteiger partial charge on any atom is 0.214 e. The first-order chi connectivity index (χ1) is 13.1. The van der Waals surface area contributed by atoms with Gasteiger partial charge in [0, 0.05) is 29.6 Å². The van der Waals surface area contributed by atoms with E-state index in [0.717, 1.165) is 24.9 Å². The van der Waals surface area contributed by atoms with E-state index >= 15 is 0 Å². The molecule has 27 heavy (non-hydrogen) atoms. The molecule has 9 heteroatoms. The molecule has 0 saturated carbocycles. The zero-order valence-electron chi connectivity index (χ0n) is 14.4. The van der Waals surface area contributed by atoms with Crippen LogP contribution in [0.3, 0.4) is 0 Å². The van der Waals surface area contributed by atoms with Crippen molar-refractivity contribution in [1.29, 1.82) is 0 Å². The Hall–Kier alpha value is -2.09. The van der Waals surface area contributed by atoms with Gasteiger partial charge in [0.05, 0.1) is 11.6 Å². The summed E-state index contributed by atoms with van der Waals surface area (Å²) in [5, 5.41) is 7.86. The van der Waals surface area contributed by atoms with Crippen molar-refractivity contribution in [2.24, 2.45) is 0 Å². The lowest BCUT2D eigenvalue weighted by Crippen LogP contribution is -2.28. The molecular weight excluding hydrogens is 392 g/mol. The molecule has 2 aromatic heterocycles. The van der Waals surface area contributed by atoms with Crippen LogP contribution in [0.15, 0.2) is 24.3 Å². The highest BCUT2D eigenvalue weighted by Gasteiger charge is 2.23. The first kappa shape index (κ1) is 18.3. The number of hydrogen-bond donors (Lipinski definition) is 3. The molecule has 142 valence electrons. The highest BCUT2D eigenvalue weighted by Crippen LogP contribution is 2.39. The lowest BCUT2D eigenvalue weighted by molar-refractivity contribution is 0.253. The number of rotatable bonds is 6. The second-order valence-electron chi connectivity index (χ2n) is 6.32. The van der Waals surface area contributed by atoms with Gasteiger partial charge in [-0.2, -0.15) is 9.37 Å². The fraction of sp³-hybridized carbons (Fsp3) is 0.333. The van der Waals surface area contributed by atoms with Gasteiger partial charge in [0.15, 0.2) is 5.65 Å². The van der Waals surface area contributed by atoms with Crippen LogP contribution in [-0.4, -0.2) is 34.6 Å². The van der Waals surface area contributed by atoms with Crippen molar-refractivity contribution in [2.75, 3.05) is 25.0 Å². The first-order valence-corrected chi connectivity index (χ1v) is 9.47. The topological polar surface area (TPSA) is 74.9 Å². The number of imidazole rings is 1. The molecule has 0 aliphatic carbocycles. The summed E-state index contributed by atoms with van der Waals surface area (Å²) in [7, 11) is 0. The van der Waals surface area contributed by atoms with Crippen molar-refractivity contribution in [1.82, 2.24) is 20.3 Å². The number of nitrogens with zero attached hydrogens (tertiary/aromatic N) is 2. The molecule has 1 aromatic carbocycles. The monoisotopic (exact) mass is 409 g/mol. The van der Waals surface area contributed by atoms with E-state index in [1.54, 1.807) is 12.1 Å². The molecule has 3 N–H and O–H groups in total. The minimum atomic E-state index is -0.529. The summed E-state index contributed by atoms with van der Waals surface area (Å²) in [5.41, 5.74) is 2.06. The van der Waals surface area contributed by atoms with Gasteiger partial charge in [-0.25, -0.2) is 4.98 Å². The molecule has 0 spiro atoms. The molecule has 0 unspecified atom stereocenters. The maximum atomic E-state index is 13.1. The predicted molar refractivity (Wildman–Crippen MR) is 104 cm³/mol. The average Bonchev–Trinajstić information content (AvgIpc) is 3.03. The normalized spacial score (nSPS) is 16.2. The SMILES string of the molecule is Fc1ccc2nc(NCCCN[C@@H]3CCOc4c(Cl)cc(Cl)cc43)[nH]c2n1. The van der Waals surface area contributed by atoms with Gasteiger partial charge in [0.2, 0.25) is 11.9 Å². The molecule has 3 aromatic rings. The quantitative estimate of drug-likeness (QED) is 0.417. The summed E-state index contributed by atoms with van der Waals surface area (Å²) in [6, 6.07) is 6.64. The predicted octanol–water partition coefficient (Wildman–Crippen LogP) is 4.32. The number of fused-ring (bicyclic) bond motifs is 2. The number of nitrogens with one attached hydrogen (secondary N) is 3. The van der Waals surface area contributed by atoms with E-state index in [9.17, 15) is 4.39 Å². The Balaban J connectivity index is 1.29. The fourth-order valence-corrected chi connectivity index (χ4v) is 3.73. The van der Waals surface area contributed by atoms with Gasteiger partial charge in [0.1, 0.15) is 11.3 Å². The van der Waals surface area contributed by atoms with E-state index in [2.05, 4.69) is 25.6 Å². The molecule has 0 radical (unpaired) electrons. The van der Waals surface area contributed by atoms with E-state index in [-0.39, 0.29) is 6.04 Å². The van der Waals surface area contributed by atoms with Crippen LogP contribution in [0.2, 0.25) is 10.0 Å². The third kappa shape index (κ3) is 4.10. The minimum absolute atomic E-state index is 0.156. The molecule has 0 saturated heterocycles. The average molecular weight is 410 g/mol. The van der Waals surface area contributed by atoms with Gasteiger partial charge in [-0.15, -0.1) is 0 Å². The molecule has 1 aliphatic heterocycles. The van der Waals surface area contributed by atoms with Crippen molar-refractivity contribution < 1.29 is 9.13 Å². The van der Waals surface area contributed by atoms with Crippen LogP contribution in [0, 0.1) is 5.95 Å². The summed E-state index contributed by atoms with van der Waals surface area (Å²) in [4.78, 5) is 11.1. The van der Waals surface area contributed by atoms with E-state index < -0.39 is 5.95 Å². The van der Waals surface area contributed by atoms with Crippen LogP contribution in [-0.2, 0) is 0 Å². The number of hydrogen-bond acceptors (Lipinski definition) is 5. The third-order valence-corrected chi connectivity index (χ3v) is 4.91. The standard InChI is InChI=1S/C18H18Cl2FN5O/c19-10-8-11-13(4-7-27-16(11)12(20)9-10)22-5-1-6-23-18-24-14-2-3-15(21)25-17(14)26-18/h2-3,8-9,13,22H,1,4-7H2,(H2,23,24,25,26)/t13-/m1/s1. The summed E-state index contributed by atoms with van der Waals surface area (Å²) < 4.78 is 18.8. The molecule has 1 atom stereocenters. The van der Waals surface area contributed by atoms with Crippen molar-refractivity contribution in [2.45, 2.75) is 18.9 Å². The van der Waals surface area contributed by atoms with Crippen LogP contribution < -0.4 is 15.4 Å². The number of halogens is 3. The van der Waals surface area contributed by atoms with Gasteiger partial charge < -0.3 is 20.4 Å². The summed E-state index contributed by atoms with van der Waals surface area (Å²) >= 11 is 12.3. The van der Waals surface area contributed by atoms with E-state index in [4.69, 9.17) is 27.9 Å². The molecule has 3 heterocycles. The fourth-order valence-electron chi connectivity index (χ4n) is 3.16. The summed E-state index contributed by atoms with van der Waals surface area (Å²) in [6.07, 6.45) is 1.73. The van der Waals surface area contributed by atoms with Crippen LogP contribution >= 0.6 is 23.2 Å². The van der Waals surface area contributed by atoms with Crippen molar-refractivity contribution in [3.8, 4) is 5.75 Å². The molecule has 0 bridgehead atoms. The van der Waals surface area contributed by atoms with E-state index in [1.807, 2.05) is 6.07 Å². The first-order valence-electron chi connectivity index (χ1n) is 8.71. The summed E-state index contributed by atoms with van der Waals surface area (Å²) in [5.74, 6) is 0.766. The lowest BCUT2D eigenvalue weighted by atomic mass is 10.0. The van der Waals surface area contributed by atoms with Gasteiger partial charge in [-0.3, -0.25) is 0 Å². The molecule has 6 nitrogen and oxygen atoms in total. The summed E-state index contributed by atoms with van der Waals surface area (Å²) in [6.45, 7) is 2.13. The molecule has 1 aliphatic rings. The van der Waals surface area contributed by atoms with Crippen LogP contribution in [0.4, 0.5) is 10.3 Å². The number of aromatic amines is 1. The Bertz CT molecular complexity index is 964. The van der Waals surface area contributed by atoms with Crippen LogP contribution in [0.25, 0.3) is 11.2 Å².